The van der Waals surface area contributed by atoms with E-state index in [9.17, 15) is 0 Å². The lowest BCUT2D eigenvalue weighted by atomic mass is 9.86. The molecule has 0 aliphatic rings. The maximum Gasteiger partial charge on any atom is 0.631 e. The number of aromatic amines is 1. The predicted molar refractivity (Wildman–Crippen MR) is 146 cm³/mol. The minimum absolute atomic E-state index is 0. The molecule has 0 aliphatic heterocycles. The van der Waals surface area contributed by atoms with Crippen LogP contribution in [0.3, 0.4) is 0 Å². The molecule has 37 heavy (non-hydrogen) atoms. The van der Waals surface area contributed by atoms with Crippen LogP contribution in [0.5, 0.6) is 0 Å². The van der Waals surface area contributed by atoms with Crippen molar-refractivity contribution in [3.63, 3.8) is 0 Å². The van der Waals surface area contributed by atoms with Gasteiger partial charge in [0.2, 0.25) is 0 Å². The maximum absolute atomic E-state index is 7.17. The number of nitrogens with one attached hydrogen (secondary N) is 1. The predicted octanol–water partition coefficient (Wildman–Crippen LogP) is 2.15. The number of rotatable bonds is 4. The van der Waals surface area contributed by atoms with Gasteiger partial charge in [-0.15, -0.1) is 0 Å². The number of aromatic nitrogens is 1. The molecule has 1 heterocycles. The zero-order chi connectivity index (χ0) is 25.4. The van der Waals surface area contributed by atoms with E-state index in [1.807, 2.05) is 30.6 Å². The smallest absolute Gasteiger partial charge is 0.631 e. The van der Waals surface area contributed by atoms with E-state index in [-0.39, 0.29) is 24.0 Å². The Labute approximate surface area is 235 Å². The van der Waals surface area contributed by atoms with Crippen LogP contribution in [-0.2, 0) is 0 Å². The van der Waals surface area contributed by atoms with Crippen molar-refractivity contribution in [2.24, 2.45) is 0 Å². The standard InChI is InChI=1S/C26H20.C5H5N.BH3O3.HI/c1-5-13-21(14-6-1)25(22-15-7-2-8-16-22)26(23-17-9-3-10-18-23)24-19-11-4-12-20-24;1-2-4-6-5-3-1;2-1(3)4;/h1-20H;1-5H;2-4H;1H. The molecule has 0 amide bonds. The summed E-state index contributed by atoms with van der Waals surface area (Å²) >= 11 is 0. The maximum atomic E-state index is 7.17. The third-order valence-corrected chi connectivity index (χ3v) is 5.11. The van der Waals surface area contributed by atoms with Gasteiger partial charge in [0.15, 0.2) is 12.4 Å². The first kappa shape index (κ1) is 29.7. The quantitative estimate of drug-likeness (QED) is 0.168. The molecular weight excluding hydrogens is 572 g/mol. The molecule has 0 unspecified atom stereocenters. The molecular formula is C31H29BINO3. The summed E-state index contributed by atoms with van der Waals surface area (Å²) in [6, 6.07) is 48.5. The topological polar surface area (TPSA) is 74.8 Å². The molecule has 0 spiro atoms. The summed E-state index contributed by atoms with van der Waals surface area (Å²) in [7, 11) is -2.17. The molecule has 0 atom stereocenters. The van der Waals surface area contributed by atoms with Gasteiger partial charge in [0.25, 0.3) is 0 Å². The van der Waals surface area contributed by atoms with Crippen molar-refractivity contribution in [2.75, 3.05) is 0 Å². The minimum atomic E-state index is -2.17. The molecule has 0 saturated heterocycles. The van der Waals surface area contributed by atoms with E-state index in [1.165, 1.54) is 33.4 Å². The second-order valence-electron chi connectivity index (χ2n) is 7.64. The molecule has 0 radical (unpaired) electrons. The zero-order valence-corrected chi connectivity index (χ0v) is 22.4. The van der Waals surface area contributed by atoms with Gasteiger partial charge in [-0.05, 0) is 33.4 Å². The summed E-state index contributed by atoms with van der Waals surface area (Å²) in [5, 5.41) is 21.5. The lowest BCUT2D eigenvalue weighted by Crippen LogP contribution is -3.00. The van der Waals surface area contributed by atoms with Crippen molar-refractivity contribution in [2.45, 2.75) is 0 Å². The van der Waals surface area contributed by atoms with Crippen molar-refractivity contribution >= 4 is 18.5 Å². The molecule has 0 aliphatic carbocycles. The first-order valence-corrected chi connectivity index (χ1v) is 11.6. The van der Waals surface area contributed by atoms with Gasteiger partial charge in [-0.1, -0.05) is 127 Å². The average Bonchev–Trinajstić information content (AvgIpc) is 2.94. The Bertz CT molecular complexity index is 1090. The summed E-state index contributed by atoms with van der Waals surface area (Å²) in [6.07, 6.45) is 3.75. The number of hydrogen-bond donors (Lipinski definition) is 3. The molecule has 1 aromatic heterocycles. The molecule has 0 fully saturated rings. The molecule has 4 aromatic carbocycles. The summed E-state index contributed by atoms with van der Waals surface area (Å²) in [4.78, 5) is 2.89. The third-order valence-electron chi connectivity index (χ3n) is 5.11. The van der Waals surface area contributed by atoms with Gasteiger partial charge in [0.1, 0.15) is 0 Å². The molecule has 5 aromatic rings. The summed E-state index contributed by atoms with van der Waals surface area (Å²) in [6.45, 7) is 0. The normalized spacial score (nSPS) is 9.27. The fourth-order valence-corrected chi connectivity index (χ4v) is 3.67. The molecule has 186 valence electrons. The van der Waals surface area contributed by atoms with Crippen molar-refractivity contribution in [1.82, 2.24) is 0 Å². The van der Waals surface area contributed by atoms with Crippen LogP contribution < -0.4 is 29.0 Å². The summed E-state index contributed by atoms with van der Waals surface area (Å²) < 4.78 is 0. The number of benzene rings is 4. The van der Waals surface area contributed by atoms with Crippen molar-refractivity contribution < 1.29 is 44.0 Å². The molecule has 5 rings (SSSR count). The largest absolute Gasteiger partial charge is 1.00 e. The van der Waals surface area contributed by atoms with E-state index in [2.05, 4.69) is 126 Å². The highest BCUT2D eigenvalue weighted by Crippen LogP contribution is 2.36. The first-order valence-electron chi connectivity index (χ1n) is 11.6. The van der Waals surface area contributed by atoms with E-state index in [4.69, 9.17) is 15.1 Å². The Morgan fingerprint density at radius 1 is 0.405 bits per heavy atom. The van der Waals surface area contributed by atoms with Crippen LogP contribution in [0.25, 0.3) is 11.1 Å². The average molecular weight is 601 g/mol. The lowest BCUT2D eigenvalue weighted by Gasteiger charge is -2.18. The van der Waals surface area contributed by atoms with E-state index < -0.39 is 7.32 Å². The van der Waals surface area contributed by atoms with E-state index in [0.717, 1.165) is 0 Å². The second-order valence-corrected chi connectivity index (χ2v) is 7.64. The number of hydrogen-bond acceptors (Lipinski definition) is 3. The van der Waals surface area contributed by atoms with E-state index >= 15 is 0 Å². The molecule has 4 N–H and O–H groups in total. The highest BCUT2D eigenvalue weighted by molar-refractivity contribution is 6.30. The van der Waals surface area contributed by atoms with E-state index in [0.29, 0.717) is 0 Å². The lowest BCUT2D eigenvalue weighted by molar-refractivity contribution is -0.377. The summed E-state index contributed by atoms with van der Waals surface area (Å²) in [5.74, 6) is 0. The fraction of sp³-hybridized carbons (Fsp3) is 0. The molecule has 4 nitrogen and oxygen atoms in total. The summed E-state index contributed by atoms with van der Waals surface area (Å²) in [5.41, 5.74) is 7.40. The monoisotopic (exact) mass is 601 g/mol. The van der Waals surface area contributed by atoms with Crippen LogP contribution in [-0.4, -0.2) is 22.4 Å². The number of H-pyrrole nitrogens is 1. The molecule has 6 heteroatoms. The van der Waals surface area contributed by atoms with Crippen molar-refractivity contribution in [1.29, 1.82) is 0 Å². The first-order chi connectivity index (χ1) is 17.7. The van der Waals surface area contributed by atoms with Crippen LogP contribution >= 0.6 is 0 Å². The molecule has 0 bridgehead atoms. The van der Waals surface area contributed by atoms with Gasteiger partial charge in [-0.2, -0.15) is 0 Å². The Balaban J connectivity index is 0.000000370. The Hall–Kier alpha value is -3.56. The Kier molecular flexibility index (Phi) is 13.6. The van der Waals surface area contributed by atoms with Crippen molar-refractivity contribution in [3.05, 3.63) is 174 Å². The van der Waals surface area contributed by atoms with Gasteiger partial charge < -0.3 is 39.0 Å². The second kappa shape index (κ2) is 17.0. The van der Waals surface area contributed by atoms with Crippen LogP contribution in [0.2, 0.25) is 0 Å². The van der Waals surface area contributed by atoms with Crippen LogP contribution in [0, 0.1) is 0 Å². The fourth-order valence-electron chi connectivity index (χ4n) is 3.67. The van der Waals surface area contributed by atoms with Crippen LogP contribution in [0.15, 0.2) is 152 Å². The Morgan fingerprint density at radius 3 is 0.784 bits per heavy atom. The van der Waals surface area contributed by atoms with Gasteiger partial charge in [-0.3, -0.25) is 0 Å². The SMILES string of the molecule is OB(O)O.[I-].c1cc[nH+]cc1.c1ccc(C(=C(c2ccccc2)c2ccccc2)c2ccccc2)cc1. The zero-order valence-electron chi connectivity index (χ0n) is 20.2. The highest BCUT2D eigenvalue weighted by atomic mass is 127. The highest BCUT2D eigenvalue weighted by Gasteiger charge is 2.15. The van der Waals surface area contributed by atoms with Gasteiger partial charge in [0, 0.05) is 12.1 Å². The number of pyridine rings is 1. The van der Waals surface area contributed by atoms with E-state index in [1.54, 1.807) is 0 Å². The van der Waals surface area contributed by atoms with Gasteiger partial charge >= 0.3 is 7.32 Å². The minimum Gasteiger partial charge on any atom is -1.00 e. The Morgan fingerprint density at radius 2 is 0.622 bits per heavy atom. The van der Waals surface area contributed by atoms with Gasteiger partial charge in [0.05, 0.1) is 0 Å². The molecule has 0 saturated carbocycles. The van der Waals surface area contributed by atoms with Gasteiger partial charge in [-0.25, -0.2) is 4.98 Å². The van der Waals surface area contributed by atoms with Crippen LogP contribution in [0.1, 0.15) is 22.3 Å². The van der Waals surface area contributed by atoms with Crippen molar-refractivity contribution in [3.8, 4) is 0 Å². The van der Waals surface area contributed by atoms with Crippen LogP contribution in [0.4, 0.5) is 0 Å². The number of halogens is 1. The third kappa shape index (κ3) is 10.1.